The third-order valence-corrected chi connectivity index (χ3v) is 23.4. The molecule has 0 spiro atoms. The molecule has 0 rings (SSSR count). The van der Waals surface area contributed by atoms with Crippen molar-refractivity contribution < 1.29 is 109 Å². The molecule has 0 radical (unpaired) electrons. The van der Waals surface area contributed by atoms with Gasteiger partial charge >= 0.3 is 0 Å². The number of unbranched alkanes of at least 4 members (excludes halogenated alkanes) is 46. The molecule has 4 unspecified atom stereocenters. The van der Waals surface area contributed by atoms with E-state index in [2.05, 4.69) is 105 Å². The van der Waals surface area contributed by atoms with Crippen molar-refractivity contribution in [1.29, 1.82) is 0 Å². The number of quaternary nitrogens is 5. The van der Waals surface area contributed by atoms with Gasteiger partial charge in [-0.3, -0.25) is 0 Å². The van der Waals surface area contributed by atoms with E-state index in [1.165, 1.54) is 347 Å². The predicted molar refractivity (Wildman–Crippen MR) is 441 cm³/mol. The smallest absolute Gasteiger partial charge is 0.192 e. The zero-order chi connectivity index (χ0) is 73.8. The number of halogens is 5. The molecule has 0 aromatic carbocycles. The van der Waals surface area contributed by atoms with Gasteiger partial charge in [0, 0.05) is 32.3 Å². The maximum Gasteiger partial charge on any atom is 0.192 e. The summed E-state index contributed by atoms with van der Waals surface area (Å²) in [4.78, 5) is 0. The molecule has 0 saturated heterocycles. The molecule has 0 aliphatic rings. The lowest BCUT2D eigenvalue weighted by molar-refractivity contribution is -0.940. The summed E-state index contributed by atoms with van der Waals surface area (Å²) in [5.74, 6) is 0. The molecule has 0 bridgehead atoms. The summed E-state index contributed by atoms with van der Waals surface area (Å²) in [6, 6.07) is 0. The first-order chi connectivity index (χ1) is 48.3. The minimum absolute atomic E-state index is 0. The molecule has 0 aromatic heterocycles. The second-order valence-corrected chi connectivity index (χ2v) is 35.6. The summed E-state index contributed by atoms with van der Waals surface area (Å²) >= 11 is 0. The first kappa shape index (κ1) is 117. The summed E-state index contributed by atoms with van der Waals surface area (Å²) in [5, 5.41) is 10.0. The molecular formula is C90H192Cl5N5O5. The second-order valence-electron chi connectivity index (χ2n) is 35.6. The van der Waals surface area contributed by atoms with Gasteiger partial charge in [-0.1, -0.05) is 291 Å². The van der Waals surface area contributed by atoms with Crippen LogP contribution in [0.3, 0.4) is 0 Å². The maximum absolute atomic E-state index is 10.0. The van der Waals surface area contributed by atoms with Gasteiger partial charge in [0.05, 0.1) is 136 Å². The average Bonchev–Trinajstić information content (AvgIpc) is 0.907. The Bertz CT molecular complexity index is 1670. The van der Waals surface area contributed by atoms with E-state index in [0.717, 1.165) is 126 Å². The Labute approximate surface area is 691 Å². The van der Waals surface area contributed by atoms with Crippen molar-refractivity contribution >= 4 is 0 Å². The Morgan fingerprint density at radius 3 is 0.533 bits per heavy atom. The second kappa shape index (κ2) is 81.6. The van der Waals surface area contributed by atoms with Crippen LogP contribution in [-0.2, 0) is 18.9 Å². The van der Waals surface area contributed by atoms with Crippen LogP contribution >= 0.6 is 0 Å². The van der Waals surface area contributed by atoms with Gasteiger partial charge in [0.25, 0.3) is 0 Å². The summed E-state index contributed by atoms with van der Waals surface area (Å²) in [7, 11) is 24.4. The van der Waals surface area contributed by atoms with E-state index in [9.17, 15) is 5.11 Å². The third kappa shape index (κ3) is 72.5. The highest BCUT2D eigenvalue weighted by molar-refractivity contribution is 4.61. The summed E-state index contributed by atoms with van der Waals surface area (Å²) < 4.78 is 33.3. The van der Waals surface area contributed by atoms with Crippen molar-refractivity contribution in [3.8, 4) is 0 Å². The van der Waals surface area contributed by atoms with Crippen LogP contribution in [0.2, 0.25) is 0 Å². The van der Waals surface area contributed by atoms with Crippen LogP contribution in [0, 0.1) is 0 Å². The summed E-state index contributed by atoms with van der Waals surface area (Å²) in [5.41, 5.74) is 0. The Kier molecular flexibility index (Phi) is 90.9. The molecule has 10 nitrogen and oxygen atoms in total. The molecule has 642 valence electrons. The Hall–Kier alpha value is 1.05. The fourth-order valence-corrected chi connectivity index (χ4v) is 15.8. The topological polar surface area (TPSA) is 57.2 Å². The Morgan fingerprint density at radius 1 is 0.190 bits per heavy atom. The normalized spacial score (nSPS) is 13.4. The highest BCUT2D eigenvalue weighted by atomic mass is 35.5. The number of aliphatic hydroxyl groups excluding tert-OH is 1. The number of aliphatic hydroxyl groups is 1. The molecular weight excluding hydrogens is 1410 g/mol. The van der Waals surface area contributed by atoms with Crippen LogP contribution in [0.15, 0.2) is 0 Å². The fourth-order valence-electron chi connectivity index (χ4n) is 15.8. The molecule has 4 atom stereocenters. The van der Waals surface area contributed by atoms with Crippen LogP contribution in [0.25, 0.3) is 0 Å². The number of hydrogen-bond donors (Lipinski definition) is 1. The van der Waals surface area contributed by atoms with Crippen molar-refractivity contribution in [2.75, 3.05) is 143 Å². The third-order valence-electron chi connectivity index (χ3n) is 23.4. The molecule has 0 fully saturated rings. The predicted octanol–water partition coefficient (Wildman–Crippen LogP) is 10.3. The highest BCUT2D eigenvalue weighted by Gasteiger charge is 2.34. The monoisotopic (exact) mass is 1600 g/mol. The van der Waals surface area contributed by atoms with E-state index in [-0.39, 0.29) is 93.6 Å². The molecule has 0 aliphatic heterocycles. The van der Waals surface area contributed by atoms with Gasteiger partial charge in [0.2, 0.25) is 0 Å². The zero-order valence-corrected chi connectivity index (χ0v) is 77.5. The van der Waals surface area contributed by atoms with Gasteiger partial charge < -0.3 is 109 Å². The van der Waals surface area contributed by atoms with Crippen molar-refractivity contribution in [3.05, 3.63) is 0 Å². The maximum atomic E-state index is 10.0. The number of rotatable bonds is 83. The van der Waals surface area contributed by atoms with Crippen molar-refractivity contribution in [2.45, 2.75) is 445 Å². The van der Waals surface area contributed by atoms with E-state index in [0.29, 0.717) is 0 Å². The van der Waals surface area contributed by atoms with Crippen LogP contribution in [0.4, 0.5) is 0 Å². The first-order valence-electron chi connectivity index (χ1n) is 45.5. The van der Waals surface area contributed by atoms with Crippen molar-refractivity contribution in [3.63, 3.8) is 0 Å². The van der Waals surface area contributed by atoms with Gasteiger partial charge in [-0.05, 0) is 103 Å². The Morgan fingerprint density at radius 2 is 0.343 bits per heavy atom. The molecule has 1 N–H and O–H groups in total. The van der Waals surface area contributed by atoms with Crippen LogP contribution in [0.5, 0.6) is 0 Å². The number of nitrogens with zero attached hydrogens (tertiary/aromatic N) is 5. The van der Waals surface area contributed by atoms with Crippen LogP contribution < -0.4 is 62.0 Å². The summed E-state index contributed by atoms with van der Waals surface area (Å²) in [6.07, 6.45) is 79.5. The molecule has 105 heavy (non-hydrogen) atoms. The van der Waals surface area contributed by atoms with E-state index < -0.39 is 0 Å². The quantitative estimate of drug-likeness (QED) is 0.0374. The minimum atomic E-state index is 0. The van der Waals surface area contributed by atoms with Crippen LogP contribution in [0.1, 0.15) is 420 Å². The highest BCUT2D eigenvalue weighted by Crippen LogP contribution is 2.26. The zero-order valence-electron chi connectivity index (χ0n) is 73.7. The van der Waals surface area contributed by atoms with E-state index in [4.69, 9.17) is 18.9 Å². The molecule has 0 heterocycles. The van der Waals surface area contributed by atoms with Gasteiger partial charge in [-0.15, -0.1) is 0 Å². The number of ether oxygens (including phenoxy) is 4. The Balaban J connectivity index is -0.00000490. The lowest BCUT2D eigenvalue weighted by atomic mass is 10.1. The SMILES string of the molecule is CCCCCCCCCCCC[N+](C)(C)CCCCOC(CCCOC(CCCOC(CCCOC(CCCO)[N+](C)(C)CCCCCCCCCCCC)[N+](C)(C)CCCCCCCCCCCC)[N+](C)(C)CCCCCCCCCCCC)[N+](C)(C)CCCCCCCCCCCC.[Cl-].[Cl-].[Cl-].[Cl-].[Cl-]. The molecule has 0 amide bonds. The first-order valence-corrected chi connectivity index (χ1v) is 45.5. The lowest BCUT2D eigenvalue weighted by Crippen LogP contribution is -3.00. The van der Waals surface area contributed by atoms with E-state index in [1.54, 1.807) is 0 Å². The molecule has 0 aliphatic carbocycles. The fraction of sp³-hybridized carbons (Fsp3) is 1.00. The van der Waals surface area contributed by atoms with E-state index >= 15 is 0 Å². The molecule has 0 aromatic rings. The summed E-state index contributed by atoms with van der Waals surface area (Å²) in [6.45, 7) is 22.1. The van der Waals surface area contributed by atoms with E-state index in [1.807, 2.05) is 0 Å². The van der Waals surface area contributed by atoms with Gasteiger partial charge in [-0.25, -0.2) is 0 Å². The largest absolute Gasteiger partial charge is 1.00 e. The lowest BCUT2D eigenvalue weighted by Gasteiger charge is -2.40. The van der Waals surface area contributed by atoms with Crippen molar-refractivity contribution in [2.24, 2.45) is 0 Å². The van der Waals surface area contributed by atoms with Crippen LogP contribution in [-0.4, -0.2) is 195 Å². The standard InChI is InChI=1S/C90H192N5O5.5ClH/c1-16-21-26-31-36-41-46-51-56-61-76-91(6,7)77-66-67-83-97-88(93(10,11)79-63-58-53-48-43-38-33-28-23-18-3)73-69-85-99-90(95(14,15)81-65-60-55-50-45-40-35-30-25-20-5)75-71-86-100-89(94(12,13)80-64-59-54-49-44-39-34-29-24-19-4)74-70-84-98-87(72-68-82-96)92(8,9)78-62-57-52-47-42-37-32-27-22-17-2;;;;;/h87-90,96H,16-86H2,1-15H3;5*1H/q+5;;;;;/p-5. The molecule has 0 saturated carbocycles. The molecule has 15 heteroatoms. The van der Waals surface area contributed by atoms with Gasteiger partial charge in [-0.2, -0.15) is 0 Å². The van der Waals surface area contributed by atoms with Crippen molar-refractivity contribution in [1.82, 2.24) is 0 Å². The number of hydrogen-bond acceptors (Lipinski definition) is 5. The van der Waals surface area contributed by atoms with Gasteiger partial charge in [0.1, 0.15) is 0 Å². The minimum Gasteiger partial charge on any atom is -1.00 e. The van der Waals surface area contributed by atoms with Gasteiger partial charge in [0.15, 0.2) is 24.9 Å². The average molecular weight is 1600 g/mol.